The minimum atomic E-state index is -0.688. The molecular weight excluding hydrogens is 272 g/mol. The quantitative estimate of drug-likeness (QED) is 0.837. The van der Waals surface area contributed by atoms with E-state index in [4.69, 9.17) is 21.9 Å². The van der Waals surface area contributed by atoms with Crippen LogP contribution >= 0.6 is 11.6 Å². The molecule has 0 radical (unpaired) electrons. The molecule has 0 aliphatic rings. The minimum Gasteiger partial charge on any atom is -0.464 e. The summed E-state index contributed by atoms with van der Waals surface area (Å²) in [6.45, 7) is 3.44. The van der Waals surface area contributed by atoms with Gasteiger partial charge in [0.1, 0.15) is 16.6 Å². The van der Waals surface area contributed by atoms with E-state index >= 15 is 0 Å². The number of carbonyl (C=O) groups is 1. The number of anilines is 1. The van der Waals surface area contributed by atoms with E-state index in [1.54, 1.807) is 13.8 Å². The van der Waals surface area contributed by atoms with Gasteiger partial charge in [0.05, 0.1) is 18.4 Å². The van der Waals surface area contributed by atoms with Crippen molar-refractivity contribution in [3.63, 3.8) is 0 Å². The lowest BCUT2D eigenvalue weighted by Gasteiger charge is -2.06. The van der Waals surface area contributed by atoms with Gasteiger partial charge in [-0.25, -0.2) is 14.8 Å². The molecule has 0 unspecified atom stereocenters. The second kappa shape index (κ2) is 4.85. The maximum Gasteiger partial charge on any atom is 0.358 e. The van der Waals surface area contributed by atoms with E-state index in [0.717, 1.165) is 0 Å². The van der Waals surface area contributed by atoms with E-state index in [2.05, 4.69) is 19.9 Å². The Labute approximate surface area is 113 Å². The highest BCUT2D eigenvalue weighted by atomic mass is 35.5. The van der Waals surface area contributed by atoms with Crippen LogP contribution in [0.2, 0.25) is 5.02 Å². The molecule has 0 saturated carbocycles. The van der Waals surface area contributed by atoms with Crippen LogP contribution in [-0.2, 0) is 4.74 Å². The van der Waals surface area contributed by atoms with Gasteiger partial charge >= 0.3 is 5.97 Å². The van der Waals surface area contributed by atoms with Gasteiger partial charge < -0.3 is 15.0 Å². The van der Waals surface area contributed by atoms with Crippen LogP contribution in [0.3, 0.4) is 0 Å². The fourth-order valence-electron chi connectivity index (χ4n) is 1.61. The molecular formula is C11H11ClN4O3. The van der Waals surface area contributed by atoms with Crippen LogP contribution in [-0.4, -0.2) is 28.2 Å². The molecule has 0 saturated heterocycles. The molecule has 19 heavy (non-hydrogen) atoms. The van der Waals surface area contributed by atoms with Gasteiger partial charge in [-0.2, -0.15) is 0 Å². The van der Waals surface area contributed by atoms with Crippen LogP contribution in [0, 0.1) is 13.8 Å². The highest BCUT2D eigenvalue weighted by molar-refractivity contribution is 6.35. The molecule has 2 rings (SSSR count). The highest BCUT2D eigenvalue weighted by Gasteiger charge is 2.22. The van der Waals surface area contributed by atoms with Crippen molar-refractivity contribution < 1.29 is 14.1 Å². The van der Waals surface area contributed by atoms with Crippen LogP contribution < -0.4 is 5.73 Å². The number of nitrogen functional groups attached to an aromatic ring is 1. The normalized spacial score (nSPS) is 10.5. The van der Waals surface area contributed by atoms with Crippen molar-refractivity contribution in [3.05, 3.63) is 22.2 Å². The number of nitrogens with zero attached hydrogens (tertiary/aromatic N) is 3. The molecule has 0 aliphatic heterocycles. The predicted molar refractivity (Wildman–Crippen MR) is 67.8 cm³/mol. The van der Waals surface area contributed by atoms with Gasteiger partial charge in [0.25, 0.3) is 0 Å². The number of esters is 1. The van der Waals surface area contributed by atoms with Crippen LogP contribution in [0.5, 0.6) is 0 Å². The molecule has 0 bridgehead atoms. The maximum atomic E-state index is 11.6. The first kappa shape index (κ1) is 13.3. The van der Waals surface area contributed by atoms with Gasteiger partial charge in [0.2, 0.25) is 0 Å². The van der Waals surface area contributed by atoms with Crippen molar-refractivity contribution in [2.45, 2.75) is 13.8 Å². The van der Waals surface area contributed by atoms with Gasteiger partial charge in [-0.3, -0.25) is 0 Å². The topological polar surface area (TPSA) is 104 Å². The van der Waals surface area contributed by atoms with Crippen LogP contribution in [0.4, 0.5) is 5.82 Å². The number of nitrogens with two attached hydrogens (primary N) is 1. The third-order valence-corrected chi connectivity index (χ3v) is 2.89. The summed E-state index contributed by atoms with van der Waals surface area (Å²) in [5.74, 6) is 0.0489. The third-order valence-electron chi connectivity index (χ3n) is 2.51. The third kappa shape index (κ3) is 2.24. The molecule has 7 nitrogen and oxygen atoms in total. The Morgan fingerprint density at radius 1 is 1.37 bits per heavy atom. The van der Waals surface area contributed by atoms with Crippen LogP contribution in [0.15, 0.2) is 4.52 Å². The first-order valence-electron chi connectivity index (χ1n) is 5.30. The van der Waals surface area contributed by atoms with Crippen LogP contribution in [0.1, 0.15) is 21.9 Å². The molecule has 0 amide bonds. The Kier molecular flexibility index (Phi) is 3.39. The zero-order chi connectivity index (χ0) is 14.2. The summed E-state index contributed by atoms with van der Waals surface area (Å²) in [5.41, 5.74) is 6.76. The number of aromatic nitrogens is 3. The second-order valence-electron chi connectivity index (χ2n) is 3.79. The largest absolute Gasteiger partial charge is 0.464 e. The summed E-state index contributed by atoms with van der Waals surface area (Å²) in [6, 6.07) is 0. The Balaban J connectivity index is 2.67. The summed E-state index contributed by atoms with van der Waals surface area (Å²) in [6.07, 6.45) is 0. The van der Waals surface area contributed by atoms with Gasteiger partial charge in [-0.15, -0.1) is 0 Å². The molecule has 2 aromatic rings. The molecule has 8 heteroatoms. The lowest BCUT2D eigenvalue weighted by atomic mass is 10.2. The maximum absolute atomic E-state index is 11.6. The van der Waals surface area contributed by atoms with Gasteiger partial charge in [-0.05, 0) is 13.8 Å². The van der Waals surface area contributed by atoms with Gasteiger partial charge in [0, 0.05) is 0 Å². The molecule has 0 aromatic carbocycles. The molecule has 2 heterocycles. The van der Waals surface area contributed by atoms with Gasteiger partial charge in [-0.1, -0.05) is 16.8 Å². The number of halogens is 1. The monoisotopic (exact) mass is 282 g/mol. The summed E-state index contributed by atoms with van der Waals surface area (Å²) in [4.78, 5) is 19.7. The van der Waals surface area contributed by atoms with Gasteiger partial charge in [0.15, 0.2) is 11.5 Å². The number of hydrogen-bond acceptors (Lipinski definition) is 7. The van der Waals surface area contributed by atoms with E-state index in [-0.39, 0.29) is 22.4 Å². The average Bonchev–Trinajstić information content (AvgIpc) is 2.71. The lowest BCUT2D eigenvalue weighted by Crippen LogP contribution is -2.10. The fourth-order valence-corrected chi connectivity index (χ4v) is 1.77. The van der Waals surface area contributed by atoms with E-state index in [1.807, 2.05) is 0 Å². The van der Waals surface area contributed by atoms with Crippen molar-refractivity contribution in [1.82, 2.24) is 15.1 Å². The zero-order valence-corrected chi connectivity index (χ0v) is 11.3. The van der Waals surface area contributed by atoms with Crippen molar-refractivity contribution >= 4 is 23.4 Å². The first-order valence-corrected chi connectivity index (χ1v) is 5.68. The molecule has 100 valence electrons. The summed E-state index contributed by atoms with van der Waals surface area (Å²) in [5, 5.41) is 3.75. The number of methoxy groups -OCH3 is 1. The van der Waals surface area contributed by atoms with Crippen LogP contribution in [0.25, 0.3) is 11.4 Å². The van der Waals surface area contributed by atoms with E-state index < -0.39 is 5.97 Å². The van der Waals surface area contributed by atoms with Crippen molar-refractivity contribution in [3.8, 4) is 11.4 Å². The highest BCUT2D eigenvalue weighted by Crippen LogP contribution is 2.28. The van der Waals surface area contributed by atoms with Crippen molar-refractivity contribution in [2.24, 2.45) is 0 Å². The van der Waals surface area contributed by atoms with E-state index in [1.165, 1.54) is 7.11 Å². The molecule has 2 N–H and O–H groups in total. The minimum absolute atomic E-state index is 0.00735. The predicted octanol–water partition coefficient (Wildman–Crippen LogP) is 1.77. The number of ether oxygens (including phenoxy) is 1. The second-order valence-corrected chi connectivity index (χ2v) is 4.16. The number of aryl methyl sites for hydroxylation is 2. The molecule has 0 atom stereocenters. The fraction of sp³-hybridized carbons (Fsp3) is 0.273. The molecule has 2 aromatic heterocycles. The Morgan fingerprint density at radius 2 is 2.05 bits per heavy atom. The van der Waals surface area contributed by atoms with Crippen molar-refractivity contribution in [2.75, 3.05) is 12.8 Å². The molecule has 0 spiro atoms. The lowest BCUT2D eigenvalue weighted by molar-refractivity contribution is 0.0594. The SMILES string of the molecule is COC(=O)c1nc(-c2c(C)noc2C)nc(N)c1Cl. The summed E-state index contributed by atoms with van der Waals surface area (Å²) < 4.78 is 9.62. The van der Waals surface area contributed by atoms with E-state index in [0.29, 0.717) is 17.0 Å². The zero-order valence-electron chi connectivity index (χ0n) is 10.5. The summed E-state index contributed by atoms with van der Waals surface area (Å²) in [7, 11) is 1.23. The average molecular weight is 283 g/mol. The number of hydrogen-bond donors (Lipinski definition) is 1. The summed E-state index contributed by atoms with van der Waals surface area (Å²) >= 11 is 5.89. The first-order chi connectivity index (χ1) is 8.95. The Morgan fingerprint density at radius 3 is 2.58 bits per heavy atom. The van der Waals surface area contributed by atoms with E-state index in [9.17, 15) is 4.79 Å². The molecule has 0 fully saturated rings. The Hall–Kier alpha value is -2.15. The number of rotatable bonds is 2. The smallest absolute Gasteiger partial charge is 0.358 e. The number of carbonyl (C=O) groups excluding carboxylic acids is 1. The molecule has 0 aliphatic carbocycles. The Bertz CT molecular complexity index is 634. The standard InChI is InChI=1S/C11H11ClN4O3/c1-4-6(5(2)19-16-4)10-14-8(11(17)18-3)7(12)9(13)15-10/h1-3H3,(H2,13,14,15). The van der Waals surface area contributed by atoms with Crippen molar-refractivity contribution in [1.29, 1.82) is 0 Å².